The third kappa shape index (κ3) is 1.68. The predicted molar refractivity (Wildman–Crippen MR) is 62.1 cm³/mol. The first kappa shape index (κ1) is 9.98. The summed E-state index contributed by atoms with van der Waals surface area (Å²) in [5.74, 6) is -0.575. The molecule has 0 amide bonds. The molecular weight excluding hydrogens is 240 g/mol. The van der Waals surface area contributed by atoms with Gasteiger partial charge < -0.3 is 9.52 Å². The van der Waals surface area contributed by atoms with Gasteiger partial charge in [-0.15, -0.1) is 11.3 Å². The van der Waals surface area contributed by atoms with Gasteiger partial charge in [0.05, 0.1) is 11.1 Å². The minimum Gasteiger partial charge on any atom is -0.478 e. The topological polar surface area (TPSA) is 76.2 Å². The molecule has 0 saturated heterocycles. The van der Waals surface area contributed by atoms with E-state index in [-0.39, 0.29) is 5.56 Å². The van der Waals surface area contributed by atoms with Crippen molar-refractivity contribution in [1.82, 2.24) is 9.97 Å². The van der Waals surface area contributed by atoms with E-state index < -0.39 is 5.97 Å². The van der Waals surface area contributed by atoms with Crippen molar-refractivity contribution in [1.29, 1.82) is 0 Å². The molecule has 0 atom stereocenters. The van der Waals surface area contributed by atoms with Gasteiger partial charge in [-0.2, -0.15) is 0 Å². The first-order chi connectivity index (χ1) is 8.24. The van der Waals surface area contributed by atoms with Crippen LogP contribution in [-0.4, -0.2) is 21.0 Å². The van der Waals surface area contributed by atoms with Gasteiger partial charge in [0.15, 0.2) is 5.58 Å². The highest BCUT2D eigenvalue weighted by molar-refractivity contribution is 7.07. The van der Waals surface area contributed by atoms with Crippen LogP contribution in [0.3, 0.4) is 0 Å². The molecule has 0 aliphatic carbocycles. The normalized spacial score (nSPS) is 10.8. The number of hydrogen-bond acceptors (Lipinski definition) is 5. The molecule has 84 valence electrons. The number of rotatable bonds is 2. The van der Waals surface area contributed by atoms with E-state index in [1.165, 1.54) is 23.5 Å². The molecule has 0 saturated carbocycles. The Morgan fingerprint density at radius 2 is 2.29 bits per heavy atom. The molecular formula is C11H6N2O3S. The lowest BCUT2D eigenvalue weighted by molar-refractivity contribution is 0.0697. The maximum Gasteiger partial charge on any atom is 0.335 e. The number of oxazole rings is 1. The fraction of sp³-hybridized carbons (Fsp3) is 0. The Bertz CT molecular complexity index is 688. The molecule has 2 heterocycles. The maximum atomic E-state index is 10.8. The lowest BCUT2D eigenvalue weighted by atomic mass is 10.2. The van der Waals surface area contributed by atoms with Crippen LogP contribution in [0, 0.1) is 0 Å². The summed E-state index contributed by atoms with van der Waals surface area (Å²) in [5.41, 5.74) is 3.61. The van der Waals surface area contributed by atoms with Crippen LogP contribution in [0.15, 0.2) is 33.5 Å². The quantitative estimate of drug-likeness (QED) is 0.752. The average Bonchev–Trinajstić information content (AvgIpc) is 2.96. The van der Waals surface area contributed by atoms with Gasteiger partial charge in [0.25, 0.3) is 0 Å². The van der Waals surface area contributed by atoms with Crippen molar-refractivity contribution < 1.29 is 14.3 Å². The predicted octanol–water partition coefficient (Wildman–Crippen LogP) is 2.65. The number of aromatic nitrogens is 2. The summed E-state index contributed by atoms with van der Waals surface area (Å²) in [6, 6.07) is 4.57. The summed E-state index contributed by atoms with van der Waals surface area (Å²) in [6.07, 6.45) is 0. The second-order valence-electron chi connectivity index (χ2n) is 3.38. The van der Waals surface area contributed by atoms with Gasteiger partial charge >= 0.3 is 5.97 Å². The fourth-order valence-corrected chi connectivity index (χ4v) is 2.01. The van der Waals surface area contributed by atoms with Gasteiger partial charge in [0.2, 0.25) is 5.89 Å². The minimum absolute atomic E-state index is 0.190. The lowest BCUT2D eigenvalue weighted by Gasteiger charge is -1.91. The molecule has 1 N–H and O–H groups in total. The summed E-state index contributed by atoms with van der Waals surface area (Å²) in [6.45, 7) is 0. The van der Waals surface area contributed by atoms with Crippen LogP contribution in [-0.2, 0) is 0 Å². The van der Waals surface area contributed by atoms with E-state index >= 15 is 0 Å². The zero-order valence-corrected chi connectivity index (χ0v) is 9.27. The Morgan fingerprint density at radius 1 is 1.41 bits per heavy atom. The number of nitrogens with zero attached hydrogens (tertiary/aromatic N) is 2. The molecule has 0 aliphatic heterocycles. The van der Waals surface area contributed by atoms with Gasteiger partial charge in [0.1, 0.15) is 11.2 Å². The maximum absolute atomic E-state index is 10.8. The Morgan fingerprint density at radius 3 is 3.00 bits per heavy atom. The molecule has 3 aromatic rings. The smallest absolute Gasteiger partial charge is 0.335 e. The summed E-state index contributed by atoms with van der Waals surface area (Å²) < 4.78 is 5.49. The Labute approximate surface area is 99.4 Å². The van der Waals surface area contributed by atoms with Crippen molar-refractivity contribution in [3.63, 3.8) is 0 Å². The van der Waals surface area contributed by atoms with Crippen LogP contribution in [0.4, 0.5) is 0 Å². The Hall–Kier alpha value is -2.21. The van der Waals surface area contributed by atoms with Crippen molar-refractivity contribution in [2.24, 2.45) is 0 Å². The first-order valence-electron chi connectivity index (χ1n) is 4.76. The molecule has 2 aromatic heterocycles. The zero-order valence-electron chi connectivity index (χ0n) is 8.45. The lowest BCUT2D eigenvalue weighted by Crippen LogP contribution is -1.94. The fourth-order valence-electron chi connectivity index (χ4n) is 1.49. The van der Waals surface area contributed by atoms with Gasteiger partial charge in [-0.1, -0.05) is 0 Å². The molecule has 6 heteroatoms. The molecule has 1 aromatic carbocycles. The number of benzene rings is 1. The number of carboxylic acids is 1. The molecule has 17 heavy (non-hydrogen) atoms. The third-order valence-electron chi connectivity index (χ3n) is 2.29. The Kier molecular flexibility index (Phi) is 2.15. The van der Waals surface area contributed by atoms with Crippen LogP contribution in [0.25, 0.3) is 22.7 Å². The number of carboxylic acid groups (broad SMARTS) is 1. The van der Waals surface area contributed by atoms with Crippen LogP contribution in [0.5, 0.6) is 0 Å². The molecule has 0 fully saturated rings. The number of carbonyl (C=O) groups is 1. The van der Waals surface area contributed by atoms with Crippen LogP contribution >= 0.6 is 11.3 Å². The third-order valence-corrected chi connectivity index (χ3v) is 2.87. The molecule has 3 rings (SSSR count). The average molecular weight is 246 g/mol. The number of hydrogen-bond donors (Lipinski definition) is 1. The van der Waals surface area contributed by atoms with Crippen molar-refractivity contribution in [3.8, 4) is 11.6 Å². The van der Waals surface area contributed by atoms with E-state index in [1.807, 2.05) is 5.38 Å². The molecule has 0 aliphatic rings. The number of fused-ring (bicyclic) bond motifs is 1. The molecule has 0 radical (unpaired) electrons. The molecule has 5 nitrogen and oxygen atoms in total. The van der Waals surface area contributed by atoms with Crippen molar-refractivity contribution in [2.75, 3.05) is 0 Å². The van der Waals surface area contributed by atoms with Crippen LogP contribution in [0.2, 0.25) is 0 Å². The summed E-state index contributed by atoms with van der Waals surface area (Å²) in [5, 5.41) is 10.7. The van der Waals surface area contributed by atoms with Crippen molar-refractivity contribution in [2.45, 2.75) is 0 Å². The number of aromatic carboxylic acids is 1. The highest BCUT2D eigenvalue weighted by atomic mass is 32.1. The van der Waals surface area contributed by atoms with Gasteiger partial charge in [-0.3, -0.25) is 0 Å². The standard InChI is InChI=1S/C11H6N2O3S/c14-11(15)6-1-2-9-7(3-6)13-10(16-9)8-4-17-5-12-8/h1-5H,(H,14,15). The monoisotopic (exact) mass is 246 g/mol. The highest BCUT2D eigenvalue weighted by Gasteiger charge is 2.11. The molecule has 0 spiro atoms. The van der Waals surface area contributed by atoms with Crippen molar-refractivity contribution in [3.05, 3.63) is 34.7 Å². The number of thiazole rings is 1. The highest BCUT2D eigenvalue weighted by Crippen LogP contribution is 2.24. The van der Waals surface area contributed by atoms with E-state index in [1.54, 1.807) is 11.6 Å². The van der Waals surface area contributed by atoms with E-state index in [2.05, 4.69) is 9.97 Å². The minimum atomic E-state index is -0.981. The zero-order chi connectivity index (χ0) is 11.8. The van der Waals surface area contributed by atoms with E-state index in [0.717, 1.165) is 0 Å². The van der Waals surface area contributed by atoms with Crippen LogP contribution in [0.1, 0.15) is 10.4 Å². The van der Waals surface area contributed by atoms with Gasteiger partial charge in [-0.25, -0.2) is 14.8 Å². The molecule has 0 bridgehead atoms. The Balaban J connectivity index is 2.16. The summed E-state index contributed by atoms with van der Waals surface area (Å²) in [4.78, 5) is 19.1. The first-order valence-corrected chi connectivity index (χ1v) is 5.71. The van der Waals surface area contributed by atoms with Gasteiger partial charge in [-0.05, 0) is 18.2 Å². The SMILES string of the molecule is O=C(O)c1ccc2oc(-c3cscn3)nc2c1. The summed E-state index contributed by atoms with van der Waals surface area (Å²) in [7, 11) is 0. The molecule has 0 unspecified atom stereocenters. The van der Waals surface area contributed by atoms with Crippen LogP contribution < -0.4 is 0 Å². The van der Waals surface area contributed by atoms with E-state index in [0.29, 0.717) is 22.7 Å². The second-order valence-corrected chi connectivity index (χ2v) is 4.10. The van der Waals surface area contributed by atoms with E-state index in [4.69, 9.17) is 9.52 Å². The largest absolute Gasteiger partial charge is 0.478 e. The van der Waals surface area contributed by atoms with Crippen molar-refractivity contribution >= 4 is 28.4 Å². The van der Waals surface area contributed by atoms with Gasteiger partial charge in [0, 0.05) is 5.38 Å². The van der Waals surface area contributed by atoms with E-state index in [9.17, 15) is 4.79 Å². The second kappa shape index (κ2) is 3.67. The summed E-state index contributed by atoms with van der Waals surface area (Å²) >= 11 is 1.45.